The van der Waals surface area contributed by atoms with E-state index in [1.54, 1.807) is 5.57 Å². The number of aliphatic hydroxyl groups is 2. The van der Waals surface area contributed by atoms with Gasteiger partial charge in [0.1, 0.15) is 0 Å². The molecule has 3 fully saturated rings. The molecule has 3 saturated carbocycles. The molecule has 4 rings (SSSR count). The van der Waals surface area contributed by atoms with E-state index in [1.807, 2.05) is 0 Å². The molecule has 4 aliphatic carbocycles. The molecule has 31 heavy (non-hydrogen) atoms. The van der Waals surface area contributed by atoms with Crippen molar-refractivity contribution in [1.29, 1.82) is 0 Å². The Morgan fingerprint density at radius 3 is 2.45 bits per heavy atom. The van der Waals surface area contributed by atoms with Gasteiger partial charge >= 0.3 is 0 Å². The minimum absolute atomic E-state index is 0.0954. The van der Waals surface area contributed by atoms with E-state index in [0.29, 0.717) is 29.3 Å². The molecule has 0 spiro atoms. The lowest BCUT2D eigenvalue weighted by Gasteiger charge is -2.58. The number of allylic oxidation sites excluding steroid dienone is 1. The fraction of sp³-hybridized carbons (Fsp3) is 0.931. The Bertz CT molecular complexity index is 653. The summed E-state index contributed by atoms with van der Waals surface area (Å²) in [6.45, 7) is 12.8. The highest BCUT2D eigenvalue weighted by molar-refractivity contribution is 5.25. The maximum Gasteiger partial charge on any atom is 0.0577 e. The molecule has 178 valence electrons. The first-order chi connectivity index (χ1) is 14.7. The number of fused-ring (bicyclic) bond motifs is 5. The van der Waals surface area contributed by atoms with Gasteiger partial charge in [-0.05, 0) is 116 Å². The summed E-state index contributed by atoms with van der Waals surface area (Å²) in [7, 11) is 0. The Labute approximate surface area is 192 Å². The van der Waals surface area contributed by atoms with E-state index >= 15 is 0 Å². The predicted octanol–water partition coefficient (Wildman–Crippen LogP) is 7.00. The van der Waals surface area contributed by atoms with Gasteiger partial charge in [-0.25, -0.2) is 0 Å². The lowest BCUT2D eigenvalue weighted by Crippen LogP contribution is -2.50. The number of rotatable bonds is 7. The van der Waals surface area contributed by atoms with E-state index < -0.39 is 0 Å². The lowest BCUT2D eigenvalue weighted by atomic mass is 9.47. The molecule has 0 aromatic carbocycles. The Kier molecular flexibility index (Phi) is 7.01. The lowest BCUT2D eigenvalue weighted by molar-refractivity contribution is -0.0575. The third-order valence-electron chi connectivity index (χ3n) is 11.3. The van der Waals surface area contributed by atoms with Crippen molar-refractivity contribution in [2.45, 2.75) is 111 Å². The van der Waals surface area contributed by atoms with Crippen LogP contribution in [-0.4, -0.2) is 22.9 Å². The van der Waals surface area contributed by atoms with Gasteiger partial charge in [0.25, 0.3) is 0 Å². The Morgan fingerprint density at radius 2 is 1.74 bits per heavy atom. The van der Waals surface area contributed by atoms with Crippen molar-refractivity contribution >= 4 is 0 Å². The first kappa shape index (κ1) is 23.8. The van der Waals surface area contributed by atoms with Gasteiger partial charge in [-0.2, -0.15) is 0 Å². The van der Waals surface area contributed by atoms with Crippen molar-refractivity contribution < 1.29 is 10.2 Å². The quantitative estimate of drug-likeness (QED) is 0.427. The highest BCUT2D eigenvalue weighted by Crippen LogP contribution is 2.67. The maximum atomic E-state index is 10.2. The topological polar surface area (TPSA) is 40.5 Å². The number of aliphatic hydroxyl groups excluding tert-OH is 2. The number of hydrogen-bond donors (Lipinski definition) is 2. The molecule has 2 nitrogen and oxygen atoms in total. The van der Waals surface area contributed by atoms with Crippen LogP contribution < -0.4 is 0 Å². The minimum Gasteiger partial charge on any atom is -0.396 e. The maximum absolute atomic E-state index is 10.2. The molecular formula is C29H50O2. The van der Waals surface area contributed by atoms with E-state index in [4.69, 9.17) is 0 Å². The molecule has 3 unspecified atom stereocenters. The summed E-state index contributed by atoms with van der Waals surface area (Å²) in [6, 6.07) is 0. The van der Waals surface area contributed by atoms with Crippen LogP contribution >= 0.6 is 0 Å². The SMILES string of the molecule is CC(C)[C@H](CCO)CC[C@@H](C)[C@H]1CCC2C3CC=C4C[C@@H](O)CC[C@]4(C)C3CC[C@@]21C. The molecule has 9 atom stereocenters. The van der Waals surface area contributed by atoms with Crippen LogP contribution in [-0.2, 0) is 0 Å². The summed E-state index contributed by atoms with van der Waals surface area (Å²) in [5.74, 6) is 5.67. The van der Waals surface area contributed by atoms with Gasteiger partial charge in [0, 0.05) is 6.61 Å². The van der Waals surface area contributed by atoms with E-state index in [-0.39, 0.29) is 6.10 Å². The van der Waals surface area contributed by atoms with Gasteiger partial charge in [0.2, 0.25) is 0 Å². The van der Waals surface area contributed by atoms with Crippen molar-refractivity contribution in [1.82, 2.24) is 0 Å². The normalized spacial score (nSPS) is 44.3. The van der Waals surface area contributed by atoms with Gasteiger partial charge in [-0.3, -0.25) is 0 Å². The molecule has 4 aliphatic rings. The van der Waals surface area contributed by atoms with Crippen molar-refractivity contribution in [2.75, 3.05) is 6.61 Å². The Balaban J connectivity index is 1.46. The second-order valence-electron chi connectivity index (χ2n) is 13.0. The van der Waals surface area contributed by atoms with Crippen LogP contribution in [0.25, 0.3) is 0 Å². The van der Waals surface area contributed by atoms with Crippen molar-refractivity contribution in [3.63, 3.8) is 0 Å². The third-order valence-corrected chi connectivity index (χ3v) is 11.3. The van der Waals surface area contributed by atoms with Gasteiger partial charge in [-0.1, -0.05) is 52.7 Å². The predicted molar refractivity (Wildman–Crippen MR) is 130 cm³/mol. The largest absolute Gasteiger partial charge is 0.396 e. The molecule has 0 aromatic heterocycles. The molecule has 0 amide bonds. The second kappa shape index (κ2) is 9.13. The third kappa shape index (κ3) is 4.18. The highest BCUT2D eigenvalue weighted by Gasteiger charge is 2.59. The van der Waals surface area contributed by atoms with Crippen LogP contribution in [0.3, 0.4) is 0 Å². The fourth-order valence-electron chi connectivity index (χ4n) is 9.27. The summed E-state index contributed by atoms with van der Waals surface area (Å²) in [5, 5.41) is 19.7. The molecule has 2 heteroatoms. The average Bonchev–Trinajstić information content (AvgIpc) is 3.08. The summed E-state index contributed by atoms with van der Waals surface area (Å²) in [6.07, 6.45) is 16.2. The molecule has 0 bridgehead atoms. The number of hydrogen-bond acceptors (Lipinski definition) is 2. The molecule has 0 aliphatic heterocycles. The van der Waals surface area contributed by atoms with Crippen LogP contribution in [0, 0.1) is 52.3 Å². The highest BCUT2D eigenvalue weighted by atomic mass is 16.3. The molecule has 0 aromatic rings. The minimum atomic E-state index is -0.0954. The summed E-state index contributed by atoms with van der Waals surface area (Å²) in [4.78, 5) is 0. The first-order valence-electron chi connectivity index (χ1n) is 13.7. The van der Waals surface area contributed by atoms with E-state index in [9.17, 15) is 10.2 Å². The smallest absolute Gasteiger partial charge is 0.0577 e. The standard InChI is InChI=1S/C29H50O2/c1-19(2)21(14-17-30)7-6-20(3)25-10-11-26-24-9-8-22-18-23(31)12-15-28(22,4)27(24)13-16-29(25,26)5/h8,19-21,23-27,30-31H,6-7,9-18H2,1-5H3/t20-,21+,23+,24?,25-,26?,27?,28+,29-/m1/s1. The van der Waals surface area contributed by atoms with Gasteiger partial charge in [-0.15, -0.1) is 0 Å². The van der Waals surface area contributed by atoms with Crippen molar-refractivity contribution in [3.05, 3.63) is 11.6 Å². The zero-order valence-electron chi connectivity index (χ0n) is 21.1. The van der Waals surface area contributed by atoms with Crippen LogP contribution in [0.4, 0.5) is 0 Å². The monoisotopic (exact) mass is 430 g/mol. The zero-order chi connectivity index (χ0) is 22.4. The average molecular weight is 431 g/mol. The summed E-state index contributed by atoms with van der Waals surface area (Å²) < 4.78 is 0. The summed E-state index contributed by atoms with van der Waals surface area (Å²) in [5.41, 5.74) is 2.49. The Morgan fingerprint density at radius 1 is 0.968 bits per heavy atom. The van der Waals surface area contributed by atoms with Gasteiger partial charge < -0.3 is 10.2 Å². The van der Waals surface area contributed by atoms with E-state index in [1.165, 1.54) is 51.4 Å². The van der Waals surface area contributed by atoms with Crippen molar-refractivity contribution in [2.24, 2.45) is 52.3 Å². The fourth-order valence-corrected chi connectivity index (χ4v) is 9.27. The Hall–Kier alpha value is -0.340. The second-order valence-corrected chi connectivity index (χ2v) is 13.0. The zero-order valence-corrected chi connectivity index (χ0v) is 21.1. The van der Waals surface area contributed by atoms with Gasteiger partial charge in [0.05, 0.1) is 6.10 Å². The van der Waals surface area contributed by atoms with E-state index in [2.05, 4.69) is 40.7 Å². The van der Waals surface area contributed by atoms with E-state index in [0.717, 1.165) is 48.9 Å². The molecule has 2 N–H and O–H groups in total. The molecule has 0 heterocycles. The van der Waals surface area contributed by atoms with Gasteiger partial charge in [0.15, 0.2) is 0 Å². The van der Waals surface area contributed by atoms with Crippen LogP contribution in [0.15, 0.2) is 11.6 Å². The first-order valence-corrected chi connectivity index (χ1v) is 13.7. The van der Waals surface area contributed by atoms with Crippen LogP contribution in [0.1, 0.15) is 105 Å². The molecular weight excluding hydrogens is 380 g/mol. The van der Waals surface area contributed by atoms with Crippen LogP contribution in [0.5, 0.6) is 0 Å². The van der Waals surface area contributed by atoms with Crippen LogP contribution in [0.2, 0.25) is 0 Å². The molecule has 0 radical (unpaired) electrons. The summed E-state index contributed by atoms with van der Waals surface area (Å²) >= 11 is 0. The molecule has 0 saturated heterocycles. The van der Waals surface area contributed by atoms with Crippen molar-refractivity contribution in [3.8, 4) is 0 Å².